The summed E-state index contributed by atoms with van der Waals surface area (Å²) >= 11 is 0. The van der Waals surface area contributed by atoms with Crippen molar-refractivity contribution < 1.29 is 17.9 Å². The van der Waals surface area contributed by atoms with E-state index in [1.165, 1.54) is 19.2 Å². The SMILES string of the molecule is COCCNS(=O)(=O)c1ccc(C)c(C(=O)NCCN2CCNCC2)c1.Cl. The third-order valence-electron chi connectivity index (χ3n) is 4.29. The summed E-state index contributed by atoms with van der Waals surface area (Å²) in [7, 11) is -2.17. The topological polar surface area (TPSA) is 99.8 Å². The molecule has 27 heavy (non-hydrogen) atoms. The second kappa shape index (κ2) is 11.6. The van der Waals surface area contributed by atoms with Gasteiger partial charge in [0.2, 0.25) is 10.0 Å². The summed E-state index contributed by atoms with van der Waals surface area (Å²) in [6.07, 6.45) is 0. The molecule has 0 aromatic heterocycles. The van der Waals surface area contributed by atoms with Gasteiger partial charge in [0.25, 0.3) is 5.91 Å². The number of sulfonamides is 1. The van der Waals surface area contributed by atoms with Gasteiger partial charge in [-0.1, -0.05) is 6.07 Å². The molecule has 1 fully saturated rings. The Balaban J connectivity index is 0.00000364. The van der Waals surface area contributed by atoms with E-state index < -0.39 is 10.0 Å². The first kappa shape index (κ1) is 23.8. The number of hydrogen-bond acceptors (Lipinski definition) is 6. The number of aryl methyl sites for hydroxylation is 1. The Morgan fingerprint density at radius 1 is 1.26 bits per heavy atom. The average Bonchev–Trinajstić information content (AvgIpc) is 2.63. The first-order chi connectivity index (χ1) is 12.4. The standard InChI is InChI=1S/C17H28N4O4S.ClH/c1-14-3-4-15(26(23,24)20-8-12-25-2)13-16(14)17(22)19-7-11-21-9-5-18-6-10-21;/h3-4,13,18,20H,5-12H2,1-2H3,(H,19,22);1H. The predicted octanol–water partition coefficient (Wildman–Crippen LogP) is -0.0235. The molecule has 0 spiro atoms. The van der Waals surface area contributed by atoms with Gasteiger partial charge in [0, 0.05) is 58.5 Å². The molecule has 0 saturated carbocycles. The Morgan fingerprint density at radius 2 is 1.96 bits per heavy atom. The second-order valence-electron chi connectivity index (χ2n) is 6.21. The van der Waals surface area contributed by atoms with Gasteiger partial charge in [-0.2, -0.15) is 0 Å². The van der Waals surface area contributed by atoms with E-state index in [9.17, 15) is 13.2 Å². The van der Waals surface area contributed by atoms with E-state index in [1.807, 2.05) is 0 Å². The van der Waals surface area contributed by atoms with Crippen LogP contribution in [0.4, 0.5) is 0 Å². The van der Waals surface area contributed by atoms with Crippen molar-refractivity contribution in [2.75, 3.05) is 59.5 Å². The predicted molar refractivity (Wildman–Crippen MR) is 107 cm³/mol. The molecule has 1 aliphatic heterocycles. The van der Waals surface area contributed by atoms with Crippen LogP contribution in [0.2, 0.25) is 0 Å². The quantitative estimate of drug-likeness (QED) is 0.485. The Labute approximate surface area is 167 Å². The zero-order chi connectivity index (χ0) is 19.0. The van der Waals surface area contributed by atoms with E-state index >= 15 is 0 Å². The Kier molecular flexibility index (Phi) is 10.2. The maximum absolute atomic E-state index is 12.5. The van der Waals surface area contributed by atoms with E-state index in [0.717, 1.165) is 38.3 Å². The number of carbonyl (C=O) groups excluding carboxylic acids is 1. The van der Waals surface area contributed by atoms with Gasteiger partial charge in [-0.25, -0.2) is 13.1 Å². The second-order valence-corrected chi connectivity index (χ2v) is 7.98. The molecule has 3 N–H and O–H groups in total. The first-order valence-electron chi connectivity index (χ1n) is 8.74. The minimum Gasteiger partial charge on any atom is -0.383 e. The van der Waals surface area contributed by atoms with Crippen molar-refractivity contribution in [1.29, 1.82) is 0 Å². The molecule has 8 nitrogen and oxygen atoms in total. The van der Waals surface area contributed by atoms with Crippen molar-refractivity contribution >= 4 is 28.3 Å². The maximum atomic E-state index is 12.5. The molecule has 2 rings (SSSR count). The lowest BCUT2D eigenvalue weighted by Crippen LogP contribution is -2.46. The van der Waals surface area contributed by atoms with Crippen molar-refractivity contribution in [2.24, 2.45) is 0 Å². The number of amides is 1. The fourth-order valence-electron chi connectivity index (χ4n) is 2.73. The molecule has 0 unspecified atom stereocenters. The number of carbonyl (C=O) groups is 1. The van der Waals surface area contributed by atoms with Crippen LogP contribution in [0.1, 0.15) is 15.9 Å². The molecular formula is C17H29ClN4O4S. The summed E-state index contributed by atoms with van der Waals surface area (Å²) in [5.74, 6) is -0.258. The van der Waals surface area contributed by atoms with Gasteiger partial charge < -0.3 is 15.4 Å². The summed E-state index contributed by atoms with van der Waals surface area (Å²) in [6.45, 7) is 7.42. The van der Waals surface area contributed by atoms with Crippen LogP contribution in [-0.4, -0.2) is 78.8 Å². The van der Waals surface area contributed by atoms with Crippen molar-refractivity contribution in [2.45, 2.75) is 11.8 Å². The summed E-state index contributed by atoms with van der Waals surface area (Å²) in [5, 5.41) is 6.17. The molecule has 10 heteroatoms. The summed E-state index contributed by atoms with van der Waals surface area (Å²) in [6, 6.07) is 4.57. The summed E-state index contributed by atoms with van der Waals surface area (Å²) in [4.78, 5) is 14.8. The van der Waals surface area contributed by atoms with Gasteiger partial charge in [0.15, 0.2) is 0 Å². The fourth-order valence-corrected chi connectivity index (χ4v) is 3.77. The van der Waals surface area contributed by atoms with Crippen LogP contribution in [0, 0.1) is 6.92 Å². The molecule has 0 aliphatic carbocycles. The molecular weight excluding hydrogens is 392 g/mol. The zero-order valence-corrected chi connectivity index (χ0v) is 17.4. The summed E-state index contributed by atoms with van der Waals surface area (Å²) < 4.78 is 31.9. The number of nitrogens with zero attached hydrogens (tertiary/aromatic N) is 1. The fraction of sp³-hybridized carbons (Fsp3) is 0.588. The van der Waals surface area contributed by atoms with E-state index in [0.29, 0.717) is 12.1 Å². The van der Waals surface area contributed by atoms with Gasteiger partial charge in [0.05, 0.1) is 11.5 Å². The Bertz CT molecular complexity index is 709. The molecule has 0 bridgehead atoms. The first-order valence-corrected chi connectivity index (χ1v) is 10.2. The number of piperazine rings is 1. The third kappa shape index (κ3) is 7.36. The van der Waals surface area contributed by atoms with Gasteiger partial charge >= 0.3 is 0 Å². The number of hydrogen-bond donors (Lipinski definition) is 3. The van der Waals surface area contributed by atoms with Crippen molar-refractivity contribution in [3.8, 4) is 0 Å². The van der Waals surface area contributed by atoms with Gasteiger partial charge in [-0.05, 0) is 24.6 Å². The van der Waals surface area contributed by atoms with Crippen LogP contribution in [0.5, 0.6) is 0 Å². The number of benzene rings is 1. The molecule has 1 aromatic carbocycles. The highest BCUT2D eigenvalue weighted by Gasteiger charge is 2.18. The monoisotopic (exact) mass is 420 g/mol. The van der Waals surface area contributed by atoms with Crippen molar-refractivity contribution in [1.82, 2.24) is 20.3 Å². The number of halogens is 1. The van der Waals surface area contributed by atoms with Crippen LogP contribution >= 0.6 is 12.4 Å². The third-order valence-corrected chi connectivity index (χ3v) is 5.74. The lowest BCUT2D eigenvalue weighted by Gasteiger charge is -2.27. The summed E-state index contributed by atoms with van der Waals surface area (Å²) in [5.41, 5.74) is 1.11. The molecule has 1 aromatic rings. The van der Waals surface area contributed by atoms with E-state index in [-0.39, 0.29) is 36.4 Å². The highest BCUT2D eigenvalue weighted by molar-refractivity contribution is 7.89. The number of rotatable bonds is 9. The van der Waals surface area contributed by atoms with E-state index in [1.54, 1.807) is 13.0 Å². The Hall–Kier alpha value is -1.23. The molecule has 0 radical (unpaired) electrons. The molecule has 154 valence electrons. The lowest BCUT2D eigenvalue weighted by atomic mass is 10.1. The van der Waals surface area contributed by atoms with Crippen LogP contribution in [0.15, 0.2) is 23.1 Å². The highest BCUT2D eigenvalue weighted by atomic mass is 35.5. The number of ether oxygens (including phenoxy) is 1. The minimum absolute atomic E-state index is 0. The number of nitrogens with one attached hydrogen (secondary N) is 3. The molecule has 0 atom stereocenters. The van der Waals surface area contributed by atoms with Gasteiger partial charge in [-0.15, -0.1) is 12.4 Å². The van der Waals surface area contributed by atoms with Crippen molar-refractivity contribution in [3.05, 3.63) is 29.3 Å². The zero-order valence-electron chi connectivity index (χ0n) is 15.8. The van der Waals surface area contributed by atoms with Crippen LogP contribution in [-0.2, 0) is 14.8 Å². The normalized spacial score (nSPS) is 15.2. The van der Waals surface area contributed by atoms with Crippen LogP contribution in [0.25, 0.3) is 0 Å². The van der Waals surface area contributed by atoms with Crippen molar-refractivity contribution in [3.63, 3.8) is 0 Å². The molecule has 1 saturated heterocycles. The van der Waals surface area contributed by atoms with E-state index in [2.05, 4.69) is 20.3 Å². The van der Waals surface area contributed by atoms with Gasteiger partial charge in [0.1, 0.15) is 0 Å². The lowest BCUT2D eigenvalue weighted by molar-refractivity contribution is 0.0946. The molecule has 1 aliphatic rings. The van der Waals surface area contributed by atoms with Gasteiger partial charge in [-0.3, -0.25) is 9.69 Å². The molecule has 1 heterocycles. The molecule has 1 amide bonds. The highest BCUT2D eigenvalue weighted by Crippen LogP contribution is 2.15. The maximum Gasteiger partial charge on any atom is 0.251 e. The largest absolute Gasteiger partial charge is 0.383 e. The average molecular weight is 421 g/mol. The minimum atomic E-state index is -3.67. The Morgan fingerprint density at radius 3 is 2.63 bits per heavy atom. The van der Waals surface area contributed by atoms with E-state index in [4.69, 9.17) is 4.74 Å². The number of methoxy groups -OCH3 is 1. The van der Waals surface area contributed by atoms with Crippen LogP contribution < -0.4 is 15.4 Å². The smallest absolute Gasteiger partial charge is 0.251 e. The van der Waals surface area contributed by atoms with Crippen LogP contribution in [0.3, 0.4) is 0 Å².